The lowest BCUT2D eigenvalue weighted by Gasteiger charge is -2.18. The van der Waals surface area contributed by atoms with Gasteiger partial charge in [0.15, 0.2) is 0 Å². The van der Waals surface area contributed by atoms with Crippen molar-refractivity contribution >= 4 is 17.7 Å². The number of nitrogens with zero attached hydrogens (tertiary/aromatic N) is 2. The van der Waals surface area contributed by atoms with Gasteiger partial charge in [0.2, 0.25) is 0 Å². The lowest BCUT2D eigenvalue weighted by atomic mass is 10.2. The Bertz CT molecular complexity index is 446. The molecule has 6 nitrogen and oxygen atoms in total. The summed E-state index contributed by atoms with van der Waals surface area (Å²) in [7, 11) is 1.45. The van der Waals surface area contributed by atoms with Crippen molar-refractivity contribution in [3.05, 3.63) is 23.9 Å². The first-order chi connectivity index (χ1) is 8.41. The minimum Gasteiger partial charge on any atom is -0.480 e. The number of carboxylic acids is 1. The third kappa shape index (κ3) is 3.73. The third-order valence-corrected chi connectivity index (χ3v) is 2.18. The van der Waals surface area contributed by atoms with Crippen LogP contribution < -0.4 is 5.32 Å². The van der Waals surface area contributed by atoms with Crippen molar-refractivity contribution in [2.75, 3.05) is 18.9 Å². The van der Waals surface area contributed by atoms with Crippen molar-refractivity contribution in [2.24, 2.45) is 0 Å². The van der Waals surface area contributed by atoms with E-state index in [1.54, 1.807) is 18.3 Å². The van der Waals surface area contributed by atoms with Gasteiger partial charge in [0.05, 0.1) is 5.56 Å². The molecule has 98 valence electrons. The van der Waals surface area contributed by atoms with Crippen molar-refractivity contribution in [1.29, 1.82) is 0 Å². The zero-order chi connectivity index (χ0) is 13.7. The molecule has 6 heteroatoms. The number of hydrogen-bond donors (Lipinski definition) is 2. The van der Waals surface area contributed by atoms with E-state index in [0.29, 0.717) is 11.4 Å². The molecular formula is C12H17N3O3. The molecule has 1 rings (SSSR count). The zero-order valence-electron chi connectivity index (χ0n) is 10.7. The van der Waals surface area contributed by atoms with Crippen LogP contribution in [0.2, 0.25) is 0 Å². The molecule has 0 aliphatic rings. The van der Waals surface area contributed by atoms with E-state index in [1.165, 1.54) is 7.05 Å². The van der Waals surface area contributed by atoms with Crippen molar-refractivity contribution in [2.45, 2.75) is 19.9 Å². The predicted octanol–water partition coefficient (Wildman–Crippen LogP) is 1.06. The SMILES string of the molecule is CC(C)Nc1ncccc1C(=O)N(C)CC(=O)O. The summed E-state index contributed by atoms with van der Waals surface area (Å²) in [5.41, 5.74) is 0.370. The number of carbonyl (C=O) groups excluding carboxylic acids is 1. The number of hydrogen-bond acceptors (Lipinski definition) is 4. The summed E-state index contributed by atoms with van der Waals surface area (Å²) in [6.07, 6.45) is 1.58. The average Bonchev–Trinajstić information content (AvgIpc) is 2.27. The highest BCUT2D eigenvalue weighted by atomic mass is 16.4. The number of nitrogens with one attached hydrogen (secondary N) is 1. The maximum Gasteiger partial charge on any atom is 0.323 e. The highest BCUT2D eigenvalue weighted by Crippen LogP contribution is 2.14. The Kier molecular flexibility index (Phi) is 4.65. The number of amides is 1. The molecule has 0 aliphatic carbocycles. The Morgan fingerprint density at radius 3 is 2.72 bits per heavy atom. The van der Waals surface area contributed by atoms with Gasteiger partial charge in [0, 0.05) is 19.3 Å². The molecule has 1 amide bonds. The molecule has 1 aromatic rings. The van der Waals surface area contributed by atoms with E-state index in [4.69, 9.17) is 5.11 Å². The van der Waals surface area contributed by atoms with Crippen molar-refractivity contribution < 1.29 is 14.7 Å². The molecule has 2 N–H and O–H groups in total. The topological polar surface area (TPSA) is 82.5 Å². The van der Waals surface area contributed by atoms with Crippen molar-refractivity contribution in [3.63, 3.8) is 0 Å². The van der Waals surface area contributed by atoms with Crippen LogP contribution in [0.25, 0.3) is 0 Å². The maximum absolute atomic E-state index is 12.1. The fourth-order valence-electron chi connectivity index (χ4n) is 1.45. The van der Waals surface area contributed by atoms with Crippen LogP contribution in [0, 0.1) is 0 Å². The number of carbonyl (C=O) groups is 2. The summed E-state index contributed by atoms with van der Waals surface area (Å²) in [6, 6.07) is 3.40. The van der Waals surface area contributed by atoms with Crippen LogP contribution in [0.3, 0.4) is 0 Å². The smallest absolute Gasteiger partial charge is 0.323 e. The third-order valence-electron chi connectivity index (χ3n) is 2.18. The number of anilines is 1. The van der Waals surface area contributed by atoms with E-state index < -0.39 is 5.97 Å². The quantitative estimate of drug-likeness (QED) is 0.817. The zero-order valence-corrected chi connectivity index (χ0v) is 10.7. The Morgan fingerprint density at radius 2 is 2.17 bits per heavy atom. The predicted molar refractivity (Wildman–Crippen MR) is 67.6 cm³/mol. The van der Waals surface area contributed by atoms with Crippen molar-refractivity contribution in [3.8, 4) is 0 Å². The molecule has 1 aromatic heterocycles. The molecule has 1 heterocycles. The van der Waals surface area contributed by atoms with E-state index in [-0.39, 0.29) is 18.5 Å². The molecule has 0 saturated carbocycles. The van der Waals surface area contributed by atoms with Crippen LogP contribution in [0.1, 0.15) is 24.2 Å². The Morgan fingerprint density at radius 1 is 1.50 bits per heavy atom. The van der Waals surface area contributed by atoms with Gasteiger partial charge in [-0.3, -0.25) is 9.59 Å². The monoisotopic (exact) mass is 251 g/mol. The molecule has 0 bridgehead atoms. The van der Waals surface area contributed by atoms with Gasteiger partial charge >= 0.3 is 5.97 Å². The van der Waals surface area contributed by atoms with Gasteiger partial charge in [-0.15, -0.1) is 0 Å². The fourth-order valence-corrected chi connectivity index (χ4v) is 1.45. The minimum atomic E-state index is -1.05. The van der Waals surface area contributed by atoms with Crippen LogP contribution in [0.5, 0.6) is 0 Å². The molecular weight excluding hydrogens is 234 g/mol. The van der Waals surface area contributed by atoms with Gasteiger partial charge in [0.1, 0.15) is 12.4 Å². The summed E-state index contributed by atoms with van der Waals surface area (Å²) in [5, 5.41) is 11.7. The largest absolute Gasteiger partial charge is 0.480 e. The normalized spacial score (nSPS) is 10.2. The molecule has 0 fully saturated rings. The molecule has 0 unspecified atom stereocenters. The Hall–Kier alpha value is -2.11. The van der Waals surface area contributed by atoms with Gasteiger partial charge < -0.3 is 15.3 Å². The van der Waals surface area contributed by atoms with E-state index in [1.807, 2.05) is 13.8 Å². The first-order valence-electron chi connectivity index (χ1n) is 5.60. The van der Waals surface area contributed by atoms with Gasteiger partial charge in [-0.2, -0.15) is 0 Å². The number of likely N-dealkylation sites (N-methyl/N-ethyl adjacent to an activating group) is 1. The molecule has 0 saturated heterocycles. The van der Waals surface area contributed by atoms with Crippen molar-refractivity contribution in [1.82, 2.24) is 9.88 Å². The minimum absolute atomic E-state index is 0.135. The molecule has 0 radical (unpaired) electrons. The second-order valence-corrected chi connectivity index (χ2v) is 4.25. The first-order valence-corrected chi connectivity index (χ1v) is 5.60. The van der Waals surface area contributed by atoms with Gasteiger partial charge in [-0.05, 0) is 26.0 Å². The number of pyridine rings is 1. The number of rotatable bonds is 5. The highest BCUT2D eigenvalue weighted by Gasteiger charge is 2.18. The Labute approximate surface area is 106 Å². The summed E-state index contributed by atoms with van der Waals surface area (Å²) in [6.45, 7) is 3.53. The van der Waals surface area contributed by atoms with Crippen LogP contribution in [-0.4, -0.2) is 46.5 Å². The molecule has 18 heavy (non-hydrogen) atoms. The second kappa shape index (κ2) is 6.00. The molecule has 0 atom stereocenters. The van der Waals surface area contributed by atoms with Crippen LogP contribution in [0.4, 0.5) is 5.82 Å². The lowest BCUT2D eigenvalue weighted by Crippen LogP contribution is -2.32. The molecule has 0 aromatic carbocycles. The van der Waals surface area contributed by atoms with Gasteiger partial charge in [-0.25, -0.2) is 4.98 Å². The van der Waals surface area contributed by atoms with E-state index in [2.05, 4.69) is 10.3 Å². The first kappa shape index (κ1) is 14.0. The van der Waals surface area contributed by atoms with Crippen LogP contribution in [-0.2, 0) is 4.79 Å². The van der Waals surface area contributed by atoms with E-state index in [9.17, 15) is 9.59 Å². The Balaban J connectivity index is 2.94. The van der Waals surface area contributed by atoms with E-state index in [0.717, 1.165) is 4.90 Å². The summed E-state index contributed by atoms with van der Waals surface area (Å²) >= 11 is 0. The summed E-state index contributed by atoms with van der Waals surface area (Å²) in [5.74, 6) is -0.948. The maximum atomic E-state index is 12.1. The standard InChI is InChI=1S/C12H17N3O3/c1-8(2)14-11-9(5-4-6-13-11)12(18)15(3)7-10(16)17/h4-6,8H,7H2,1-3H3,(H,13,14)(H,16,17). The average molecular weight is 251 g/mol. The summed E-state index contributed by atoms with van der Waals surface area (Å²) in [4.78, 5) is 27.9. The van der Waals surface area contributed by atoms with Gasteiger partial charge in [-0.1, -0.05) is 0 Å². The van der Waals surface area contributed by atoms with E-state index >= 15 is 0 Å². The molecule has 0 spiro atoms. The lowest BCUT2D eigenvalue weighted by molar-refractivity contribution is -0.137. The number of aromatic nitrogens is 1. The summed E-state index contributed by atoms with van der Waals surface area (Å²) < 4.78 is 0. The second-order valence-electron chi connectivity index (χ2n) is 4.25. The fraction of sp³-hybridized carbons (Fsp3) is 0.417. The highest BCUT2D eigenvalue weighted by molar-refractivity contribution is 5.99. The van der Waals surface area contributed by atoms with Crippen LogP contribution >= 0.6 is 0 Å². The number of carboxylic acid groups (broad SMARTS) is 1. The molecule has 0 aliphatic heterocycles. The number of aliphatic carboxylic acids is 1. The van der Waals surface area contributed by atoms with Gasteiger partial charge in [0.25, 0.3) is 5.91 Å². The van der Waals surface area contributed by atoms with Crippen LogP contribution in [0.15, 0.2) is 18.3 Å².